The maximum absolute atomic E-state index is 11.2. The fraction of sp³-hybridized carbons (Fsp3) is 0.917. The predicted octanol–water partition coefficient (Wildman–Crippen LogP) is -6.08. The molecular formula is C12H21NO17S2. The van der Waals surface area contributed by atoms with Gasteiger partial charge in [0, 0.05) is 0 Å². The third kappa shape index (κ3) is 6.71. The van der Waals surface area contributed by atoms with E-state index in [0.717, 1.165) is 0 Å². The van der Waals surface area contributed by atoms with E-state index in [2.05, 4.69) is 4.18 Å². The van der Waals surface area contributed by atoms with Gasteiger partial charge in [0.05, 0.1) is 6.61 Å². The van der Waals surface area contributed by atoms with Crippen LogP contribution in [-0.2, 0) is 43.9 Å². The van der Waals surface area contributed by atoms with Gasteiger partial charge >= 0.3 is 26.7 Å². The van der Waals surface area contributed by atoms with Crippen LogP contribution in [0.4, 0.5) is 0 Å². The predicted molar refractivity (Wildman–Crippen MR) is 92.0 cm³/mol. The van der Waals surface area contributed by atoms with E-state index in [9.17, 15) is 47.2 Å². The molecule has 0 saturated carbocycles. The minimum atomic E-state index is -5.10. The molecule has 2 heterocycles. The normalized spacial score (nSPS) is 41.3. The molecule has 9 N–H and O–H groups in total. The van der Waals surface area contributed by atoms with Crippen molar-refractivity contribution in [3.63, 3.8) is 0 Å². The number of carboxylic acids is 1. The van der Waals surface area contributed by atoms with Gasteiger partial charge in [-0.25, -0.2) is 8.98 Å². The van der Waals surface area contributed by atoms with Crippen LogP contribution >= 0.6 is 0 Å². The van der Waals surface area contributed by atoms with Gasteiger partial charge in [0.25, 0.3) is 0 Å². The summed E-state index contributed by atoms with van der Waals surface area (Å²) in [6, 6.07) is -2.06. The first-order valence-electron chi connectivity index (χ1n) is 8.48. The second kappa shape index (κ2) is 10.0. The van der Waals surface area contributed by atoms with Crippen LogP contribution in [-0.4, -0.2) is 131 Å². The van der Waals surface area contributed by atoms with Gasteiger partial charge < -0.3 is 44.8 Å². The molecule has 2 fully saturated rings. The summed E-state index contributed by atoms with van der Waals surface area (Å²) in [6.07, 6.45) is -19.0. The maximum Gasteiger partial charge on any atom is 0.397 e. The van der Waals surface area contributed by atoms with Crippen molar-refractivity contribution in [1.82, 2.24) is 4.72 Å². The molecule has 0 radical (unpaired) electrons. The van der Waals surface area contributed by atoms with E-state index in [4.69, 9.17) is 28.4 Å². The van der Waals surface area contributed by atoms with Crippen LogP contribution in [0.1, 0.15) is 0 Å². The molecule has 0 aromatic heterocycles. The van der Waals surface area contributed by atoms with Crippen LogP contribution in [0.3, 0.4) is 0 Å². The molecule has 0 aromatic rings. The zero-order valence-corrected chi connectivity index (χ0v) is 17.2. The second-order valence-electron chi connectivity index (χ2n) is 6.72. The highest BCUT2D eigenvalue weighted by Gasteiger charge is 2.53. The smallest absolute Gasteiger partial charge is 0.397 e. The van der Waals surface area contributed by atoms with Crippen LogP contribution < -0.4 is 4.72 Å². The number of aliphatic hydroxyl groups is 5. The largest absolute Gasteiger partial charge is 0.479 e. The molecule has 10 atom stereocenters. The molecule has 20 heteroatoms. The molecule has 2 aliphatic rings. The monoisotopic (exact) mass is 515 g/mol. The van der Waals surface area contributed by atoms with E-state index in [0.29, 0.717) is 0 Å². The molecule has 18 nitrogen and oxygen atoms in total. The van der Waals surface area contributed by atoms with Gasteiger partial charge in [-0.05, 0) is 0 Å². The average Bonchev–Trinajstić information content (AvgIpc) is 2.64. The van der Waals surface area contributed by atoms with Crippen molar-refractivity contribution in [2.75, 3.05) is 6.61 Å². The number of carbonyl (C=O) groups is 1. The van der Waals surface area contributed by atoms with Crippen LogP contribution in [0.5, 0.6) is 0 Å². The first kappa shape index (κ1) is 27.1. The molecule has 1 unspecified atom stereocenters. The molecule has 188 valence electrons. The fourth-order valence-electron chi connectivity index (χ4n) is 3.00. The van der Waals surface area contributed by atoms with Gasteiger partial charge in [0.2, 0.25) is 0 Å². The molecule has 0 bridgehead atoms. The highest BCUT2D eigenvalue weighted by Crippen LogP contribution is 2.29. The molecule has 0 amide bonds. The lowest BCUT2D eigenvalue weighted by Crippen LogP contribution is -2.68. The van der Waals surface area contributed by atoms with Gasteiger partial charge in [0.1, 0.15) is 42.7 Å². The molecule has 0 aromatic carbocycles. The zero-order valence-electron chi connectivity index (χ0n) is 15.5. The van der Waals surface area contributed by atoms with Crippen molar-refractivity contribution in [2.24, 2.45) is 0 Å². The first-order valence-corrected chi connectivity index (χ1v) is 11.3. The number of aliphatic hydroxyl groups excluding tert-OH is 5. The number of carboxylic acid groups (broad SMARTS) is 1. The van der Waals surface area contributed by atoms with E-state index in [-0.39, 0.29) is 0 Å². The lowest BCUT2D eigenvalue weighted by molar-refractivity contribution is -0.335. The van der Waals surface area contributed by atoms with Crippen LogP contribution in [0.2, 0.25) is 0 Å². The highest BCUT2D eigenvalue weighted by atomic mass is 32.3. The van der Waals surface area contributed by atoms with Gasteiger partial charge in [0.15, 0.2) is 18.7 Å². The van der Waals surface area contributed by atoms with Gasteiger partial charge in [-0.1, -0.05) is 0 Å². The van der Waals surface area contributed by atoms with Crippen LogP contribution in [0, 0.1) is 0 Å². The number of nitrogens with one attached hydrogen (secondary N) is 1. The third-order valence-corrected chi connectivity index (χ3v) is 5.47. The zero-order chi connectivity index (χ0) is 24.6. The van der Waals surface area contributed by atoms with E-state index in [1.807, 2.05) is 0 Å². The van der Waals surface area contributed by atoms with Crippen LogP contribution in [0.15, 0.2) is 0 Å². The van der Waals surface area contributed by atoms with E-state index in [1.165, 1.54) is 4.72 Å². The summed E-state index contributed by atoms with van der Waals surface area (Å²) in [5.41, 5.74) is 0. The Morgan fingerprint density at radius 3 is 2.00 bits per heavy atom. The number of hydrogen-bond acceptors (Lipinski definition) is 14. The number of rotatable bonds is 8. The van der Waals surface area contributed by atoms with Gasteiger partial charge in [-0.2, -0.15) is 21.6 Å². The van der Waals surface area contributed by atoms with Gasteiger partial charge in [-0.15, -0.1) is 0 Å². The molecule has 0 aliphatic carbocycles. The lowest BCUT2D eigenvalue weighted by atomic mass is 9.96. The van der Waals surface area contributed by atoms with Crippen molar-refractivity contribution >= 4 is 26.7 Å². The highest BCUT2D eigenvalue weighted by molar-refractivity contribution is 7.83. The minimum absolute atomic E-state index is 1.14. The van der Waals surface area contributed by atoms with Crippen molar-refractivity contribution in [1.29, 1.82) is 0 Å². The van der Waals surface area contributed by atoms with Crippen molar-refractivity contribution in [3.8, 4) is 0 Å². The molecule has 0 spiro atoms. The molecule has 2 saturated heterocycles. The third-order valence-electron chi connectivity index (χ3n) is 4.46. The van der Waals surface area contributed by atoms with E-state index < -0.39 is 94.6 Å². The summed E-state index contributed by atoms with van der Waals surface area (Å²) >= 11 is 0. The number of aliphatic carboxylic acids is 1. The van der Waals surface area contributed by atoms with Crippen LogP contribution in [0.25, 0.3) is 0 Å². The summed E-state index contributed by atoms with van der Waals surface area (Å²) in [7, 11) is -10.1. The second-order valence-corrected chi connectivity index (χ2v) is 9.00. The Hall–Kier alpha value is -1.11. The first-order chi connectivity index (χ1) is 14.5. The van der Waals surface area contributed by atoms with E-state index >= 15 is 0 Å². The number of hydrogen-bond donors (Lipinski definition) is 9. The Morgan fingerprint density at radius 1 is 0.906 bits per heavy atom. The summed E-state index contributed by atoms with van der Waals surface area (Å²) in [4.78, 5) is 11.2. The SMILES string of the molecule is O=C(O)[C@H]1OC(O[C@H]2[C@H](O)[C@@H](COS(=O)(=O)O)O[C@@H](O)[C@@H]2NS(=O)(=O)O)[C@H](O)[C@@H](O)[C@@H]1O. The fourth-order valence-corrected chi connectivity index (χ4v) is 3.90. The summed E-state index contributed by atoms with van der Waals surface area (Å²) in [5, 5.41) is 59.1. The molecule has 32 heavy (non-hydrogen) atoms. The van der Waals surface area contributed by atoms with Crippen molar-refractivity contribution in [3.05, 3.63) is 0 Å². The molecule has 2 rings (SSSR count). The maximum atomic E-state index is 11.2. The Balaban J connectivity index is 2.32. The van der Waals surface area contributed by atoms with E-state index in [1.54, 1.807) is 0 Å². The Labute approximate surface area is 179 Å². The quantitative estimate of drug-likeness (QED) is 0.136. The Morgan fingerprint density at radius 2 is 1.50 bits per heavy atom. The summed E-state index contributed by atoms with van der Waals surface area (Å²) in [5.74, 6) is -1.79. The average molecular weight is 515 g/mol. The van der Waals surface area contributed by atoms with Crippen molar-refractivity contribution < 1.29 is 79.8 Å². The van der Waals surface area contributed by atoms with Crippen molar-refractivity contribution in [2.45, 2.75) is 61.3 Å². The Kier molecular flexibility index (Phi) is 8.50. The standard InChI is InChI=1S/C12H21NO17S2/c14-4-2(1-27-32(24,25)26)28-11(20)3(13-31(21,22)23)8(4)29-12-7(17)5(15)6(16)9(30-12)10(18)19/h2-9,11-17,20H,1H2,(H,18,19)(H,21,22,23)(H,24,25,26)/t2-,3-,4-,5+,6+,7-,8-,9+,11-,12?/m1/s1. The minimum Gasteiger partial charge on any atom is -0.479 e. The van der Waals surface area contributed by atoms with Gasteiger partial charge in [-0.3, -0.25) is 9.11 Å². The molecular weight excluding hydrogens is 494 g/mol. The lowest BCUT2D eigenvalue weighted by Gasteiger charge is -2.45. The molecule has 2 aliphatic heterocycles. The topological polar surface area (TPSA) is 296 Å². The summed E-state index contributed by atoms with van der Waals surface area (Å²) in [6.45, 7) is -1.14. The number of ether oxygens (including phenoxy) is 3. The Bertz CT molecular complexity index is 878. The summed E-state index contributed by atoms with van der Waals surface area (Å²) < 4.78 is 81.8.